The van der Waals surface area contributed by atoms with Crippen LogP contribution in [-0.2, 0) is 21.2 Å². The molecule has 29 heavy (non-hydrogen) atoms. The van der Waals surface area contributed by atoms with Crippen molar-refractivity contribution in [1.29, 1.82) is 0 Å². The minimum atomic E-state index is -3.11. The first-order chi connectivity index (χ1) is 13.6. The Morgan fingerprint density at radius 1 is 1.28 bits per heavy atom. The van der Waals surface area contributed by atoms with Gasteiger partial charge in [-0.25, -0.2) is 8.42 Å². The molecule has 0 bridgehead atoms. The lowest BCUT2D eigenvalue weighted by atomic mass is 10.1. The summed E-state index contributed by atoms with van der Waals surface area (Å²) in [5.41, 5.74) is 2.87. The van der Waals surface area contributed by atoms with Crippen molar-refractivity contribution in [3.63, 3.8) is 0 Å². The third kappa shape index (κ3) is 5.13. The number of amides is 1. The lowest BCUT2D eigenvalue weighted by Crippen LogP contribution is -2.46. The number of carbonyl (C=O) groups excluding carboxylic acids is 1. The van der Waals surface area contributed by atoms with Crippen LogP contribution in [0.3, 0.4) is 0 Å². The van der Waals surface area contributed by atoms with Gasteiger partial charge < -0.3 is 9.64 Å². The Morgan fingerprint density at radius 3 is 2.45 bits per heavy atom. The summed E-state index contributed by atoms with van der Waals surface area (Å²) in [7, 11) is -3.11. The maximum Gasteiger partial charge on any atom is 0.263 e. The molecule has 0 unspecified atom stereocenters. The SMILES string of the molecule is Cc1ccsc1CN(C(=O)[C@H](C)Oc1cc(C)c(Cl)c(C)c1)[C@@H]1CCS(=O)(=O)C1. The molecule has 1 aromatic heterocycles. The van der Waals surface area contributed by atoms with Crippen LogP contribution >= 0.6 is 22.9 Å². The second kappa shape index (κ2) is 8.66. The van der Waals surface area contributed by atoms with Crippen molar-refractivity contribution in [3.8, 4) is 5.75 Å². The van der Waals surface area contributed by atoms with E-state index in [0.29, 0.717) is 23.7 Å². The van der Waals surface area contributed by atoms with E-state index in [9.17, 15) is 13.2 Å². The van der Waals surface area contributed by atoms with Crippen molar-refractivity contribution < 1.29 is 17.9 Å². The largest absolute Gasteiger partial charge is 0.481 e. The minimum absolute atomic E-state index is 0.00897. The maximum absolute atomic E-state index is 13.3. The fourth-order valence-corrected chi connectivity index (χ4v) is 6.34. The van der Waals surface area contributed by atoms with E-state index >= 15 is 0 Å². The van der Waals surface area contributed by atoms with Gasteiger partial charge in [-0.15, -0.1) is 11.3 Å². The summed E-state index contributed by atoms with van der Waals surface area (Å²) < 4.78 is 30.0. The molecule has 5 nitrogen and oxygen atoms in total. The maximum atomic E-state index is 13.3. The van der Waals surface area contributed by atoms with Crippen LogP contribution in [0.25, 0.3) is 0 Å². The molecule has 0 aliphatic carbocycles. The van der Waals surface area contributed by atoms with Gasteiger partial charge >= 0.3 is 0 Å². The molecule has 0 spiro atoms. The molecule has 1 saturated heterocycles. The van der Waals surface area contributed by atoms with E-state index in [1.54, 1.807) is 23.2 Å². The number of ether oxygens (including phenoxy) is 1. The molecular weight excluding hydrogens is 430 g/mol. The molecule has 8 heteroatoms. The first-order valence-electron chi connectivity index (χ1n) is 9.54. The van der Waals surface area contributed by atoms with Crippen LogP contribution in [0.1, 0.15) is 34.9 Å². The molecule has 2 aromatic rings. The van der Waals surface area contributed by atoms with Crippen molar-refractivity contribution in [2.75, 3.05) is 11.5 Å². The molecular formula is C21H26ClNO4S2. The number of benzene rings is 1. The Labute approximate surface area is 181 Å². The standard InChI is InChI=1S/C21H26ClNO4S2/c1-13-5-7-28-19(13)11-23(17-6-8-29(25,26)12-17)21(24)16(4)27-18-9-14(2)20(22)15(3)10-18/h5,7,9-10,16-17H,6,8,11-12H2,1-4H3/t16-,17+/m0/s1. The summed E-state index contributed by atoms with van der Waals surface area (Å²) in [6.45, 7) is 7.89. The van der Waals surface area contributed by atoms with Gasteiger partial charge in [0.15, 0.2) is 15.9 Å². The van der Waals surface area contributed by atoms with Gasteiger partial charge in [-0.05, 0) is 74.4 Å². The molecule has 1 aliphatic rings. The Hall–Kier alpha value is -1.57. The number of hydrogen-bond donors (Lipinski definition) is 0. The second-order valence-corrected chi connectivity index (χ2v) is 11.3. The number of carbonyl (C=O) groups is 1. The molecule has 1 aliphatic heterocycles. The number of rotatable bonds is 6. The van der Waals surface area contributed by atoms with E-state index in [4.69, 9.17) is 16.3 Å². The molecule has 0 N–H and O–H groups in total. The highest BCUT2D eigenvalue weighted by Gasteiger charge is 2.37. The average molecular weight is 456 g/mol. The number of nitrogens with zero attached hydrogens (tertiary/aromatic N) is 1. The summed E-state index contributed by atoms with van der Waals surface area (Å²) in [4.78, 5) is 16.1. The number of sulfone groups is 1. The number of aryl methyl sites for hydroxylation is 3. The minimum Gasteiger partial charge on any atom is -0.481 e. The van der Waals surface area contributed by atoms with Gasteiger partial charge in [0.2, 0.25) is 0 Å². The van der Waals surface area contributed by atoms with Crippen LogP contribution in [0, 0.1) is 20.8 Å². The van der Waals surface area contributed by atoms with E-state index in [1.807, 2.05) is 44.4 Å². The quantitative estimate of drug-likeness (QED) is 0.651. The molecule has 3 rings (SSSR count). The summed E-state index contributed by atoms with van der Waals surface area (Å²) in [6.07, 6.45) is -0.275. The smallest absolute Gasteiger partial charge is 0.263 e. The van der Waals surface area contributed by atoms with Crippen LogP contribution in [0.4, 0.5) is 0 Å². The Bertz CT molecular complexity index is 992. The summed E-state index contributed by atoms with van der Waals surface area (Å²) in [6, 6.07) is 5.31. The molecule has 0 saturated carbocycles. The Kier molecular flexibility index (Phi) is 6.61. The van der Waals surface area contributed by atoms with Crippen molar-refractivity contribution in [2.45, 2.75) is 52.8 Å². The Balaban J connectivity index is 1.82. The zero-order valence-corrected chi connectivity index (χ0v) is 19.5. The van der Waals surface area contributed by atoms with E-state index in [2.05, 4.69) is 0 Å². The molecule has 2 atom stereocenters. The highest BCUT2D eigenvalue weighted by Crippen LogP contribution is 2.28. The molecule has 1 fully saturated rings. The van der Waals surface area contributed by atoms with Crippen LogP contribution in [-0.4, -0.2) is 42.9 Å². The van der Waals surface area contributed by atoms with E-state index < -0.39 is 15.9 Å². The third-order valence-corrected chi connectivity index (χ3v) is 8.64. The highest BCUT2D eigenvalue weighted by molar-refractivity contribution is 7.91. The van der Waals surface area contributed by atoms with E-state index in [0.717, 1.165) is 21.6 Å². The van der Waals surface area contributed by atoms with Crippen LogP contribution in [0.15, 0.2) is 23.6 Å². The molecule has 1 amide bonds. The first-order valence-corrected chi connectivity index (χ1v) is 12.6. The lowest BCUT2D eigenvalue weighted by Gasteiger charge is -2.31. The van der Waals surface area contributed by atoms with Gasteiger partial charge in [-0.1, -0.05) is 11.6 Å². The summed E-state index contributed by atoms with van der Waals surface area (Å²) in [5, 5.41) is 2.67. The number of thiophene rings is 1. The first kappa shape index (κ1) is 22.1. The van der Waals surface area contributed by atoms with Gasteiger partial charge in [-0.2, -0.15) is 0 Å². The Morgan fingerprint density at radius 2 is 1.93 bits per heavy atom. The van der Waals surface area contributed by atoms with Crippen molar-refractivity contribution in [3.05, 3.63) is 50.2 Å². The highest BCUT2D eigenvalue weighted by atomic mass is 35.5. The van der Waals surface area contributed by atoms with Gasteiger partial charge in [0.25, 0.3) is 5.91 Å². The van der Waals surface area contributed by atoms with E-state index in [1.165, 1.54) is 0 Å². The van der Waals surface area contributed by atoms with Gasteiger partial charge in [0.1, 0.15) is 5.75 Å². The zero-order valence-electron chi connectivity index (χ0n) is 17.1. The van der Waals surface area contributed by atoms with Gasteiger partial charge in [0, 0.05) is 15.9 Å². The predicted octanol–water partition coefficient (Wildman–Crippen LogP) is 4.31. The zero-order chi connectivity index (χ0) is 21.3. The van der Waals surface area contributed by atoms with Crippen LogP contribution < -0.4 is 4.74 Å². The monoisotopic (exact) mass is 455 g/mol. The second-order valence-electron chi connectivity index (χ2n) is 7.68. The summed E-state index contributed by atoms with van der Waals surface area (Å²) >= 11 is 7.80. The average Bonchev–Trinajstić information content (AvgIpc) is 3.21. The van der Waals surface area contributed by atoms with Crippen LogP contribution in [0.2, 0.25) is 5.02 Å². The van der Waals surface area contributed by atoms with Gasteiger partial charge in [-0.3, -0.25) is 4.79 Å². The van der Waals surface area contributed by atoms with Crippen molar-refractivity contribution >= 4 is 38.7 Å². The van der Waals surface area contributed by atoms with Crippen molar-refractivity contribution in [2.24, 2.45) is 0 Å². The lowest BCUT2D eigenvalue weighted by molar-refractivity contribution is -0.140. The topological polar surface area (TPSA) is 63.7 Å². The fourth-order valence-electron chi connectivity index (χ4n) is 3.59. The third-order valence-electron chi connectivity index (χ3n) is 5.28. The normalized spacial score (nSPS) is 19.1. The molecule has 1 aromatic carbocycles. The van der Waals surface area contributed by atoms with Gasteiger partial charge in [0.05, 0.1) is 18.1 Å². The fraction of sp³-hybridized carbons (Fsp3) is 0.476. The number of halogens is 1. The summed E-state index contributed by atoms with van der Waals surface area (Å²) in [5.74, 6) is 0.506. The van der Waals surface area contributed by atoms with Crippen LogP contribution in [0.5, 0.6) is 5.75 Å². The number of hydrogen-bond acceptors (Lipinski definition) is 5. The predicted molar refractivity (Wildman–Crippen MR) is 118 cm³/mol. The van der Waals surface area contributed by atoms with Crippen molar-refractivity contribution in [1.82, 2.24) is 4.90 Å². The molecule has 2 heterocycles. The molecule has 0 radical (unpaired) electrons. The van der Waals surface area contributed by atoms with E-state index in [-0.39, 0.29) is 23.5 Å². The molecule has 158 valence electrons.